The van der Waals surface area contributed by atoms with E-state index in [1.54, 1.807) is 0 Å². The molecule has 0 spiro atoms. The highest BCUT2D eigenvalue weighted by Gasteiger charge is 2.15. The fourth-order valence-electron chi connectivity index (χ4n) is 1.76. The quantitative estimate of drug-likeness (QED) is 0.687. The summed E-state index contributed by atoms with van der Waals surface area (Å²) in [4.78, 5) is 2.15. The van der Waals surface area contributed by atoms with E-state index in [2.05, 4.69) is 10.2 Å². The zero-order valence-electron chi connectivity index (χ0n) is 7.85. The molecular weight excluding hydrogens is 155 g/mol. The largest absolute Gasteiger partial charge is 0.317 e. The molecule has 1 aliphatic heterocycles. The molecule has 1 atom stereocenters. The van der Waals surface area contributed by atoms with E-state index in [4.69, 9.17) is 0 Å². The topological polar surface area (TPSA) is 15.3 Å². The van der Waals surface area contributed by atoms with Gasteiger partial charge in [-0.3, -0.25) is 0 Å². The number of rotatable bonds is 3. The molecule has 0 aromatic heterocycles. The summed E-state index contributed by atoms with van der Waals surface area (Å²) in [5, 5.41) is 3.35. The molecule has 1 rings (SSSR count). The summed E-state index contributed by atoms with van der Waals surface area (Å²) < 4.78 is 12.0. The van der Waals surface area contributed by atoms with Crippen molar-refractivity contribution >= 4 is 0 Å². The maximum atomic E-state index is 12.0. The Bertz CT molecular complexity index is 111. The highest BCUT2D eigenvalue weighted by Crippen LogP contribution is 2.10. The average Bonchev–Trinajstić information content (AvgIpc) is 2.32. The van der Waals surface area contributed by atoms with Gasteiger partial charge >= 0.3 is 0 Å². The minimum Gasteiger partial charge on any atom is -0.317 e. The molecule has 0 saturated carbocycles. The van der Waals surface area contributed by atoms with Gasteiger partial charge in [0.15, 0.2) is 0 Å². The lowest BCUT2D eigenvalue weighted by atomic mass is 10.1. The Morgan fingerprint density at radius 2 is 2.25 bits per heavy atom. The first kappa shape index (κ1) is 9.93. The van der Waals surface area contributed by atoms with E-state index in [1.165, 1.54) is 12.8 Å². The van der Waals surface area contributed by atoms with Crippen molar-refractivity contribution in [3.05, 3.63) is 0 Å². The second kappa shape index (κ2) is 5.49. The van der Waals surface area contributed by atoms with Crippen molar-refractivity contribution in [2.24, 2.45) is 0 Å². The Morgan fingerprint density at radius 3 is 3.00 bits per heavy atom. The third kappa shape index (κ3) is 3.07. The van der Waals surface area contributed by atoms with Crippen molar-refractivity contribution in [2.45, 2.75) is 25.3 Å². The minimum atomic E-state index is -0.222. The lowest BCUT2D eigenvalue weighted by Crippen LogP contribution is -2.33. The number of alkyl halides is 1. The Hall–Kier alpha value is -0.150. The van der Waals surface area contributed by atoms with E-state index < -0.39 is 0 Å². The molecule has 1 fully saturated rings. The first-order chi connectivity index (χ1) is 5.84. The lowest BCUT2D eigenvalue weighted by molar-refractivity contribution is 0.207. The van der Waals surface area contributed by atoms with Gasteiger partial charge in [-0.05, 0) is 39.4 Å². The van der Waals surface area contributed by atoms with Crippen LogP contribution >= 0.6 is 0 Å². The van der Waals surface area contributed by atoms with E-state index in [-0.39, 0.29) is 6.67 Å². The third-order valence-corrected chi connectivity index (χ3v) is 2.61. The van der Waals surface area contributed by atoms with Crippen molar-refractivity contribution < 1.29 is 4.39 Å². The SMILES string of the molecule is CN(CCF)C1CCCNCC1. The van der Waals surface area contributed by atoms with E-state index in [1.807, 2.05) is 7.05 Å². The monoisotopic (exact) mass is 174 g/mol. The van der Waals surface area contributed by atoms with E-state index in [0.29, 0.717) is 12.6 Å². The Balaban J connectivity index is 2.27. The summed E-state index contributed by atoms with van der Waals surface area (Å²) in [7, 11) is 2.02. The fourth-order valence-corrected chi connectivity index (χ4v) is 1.76. The number of halogens is 1. The van der Waals surface area contributed by atoms with Gasteiger partial charge in [0.25, 0.3) is 0 Å². The predicted octanol–water partition coefficient (Wildman–Crippen LogP) is 1.03. The summed E-state index contributed by atoms with van der Waals surface area (Å²) >= 11 is 0. The van der Waals surface area contributed by atoms with Crippen molar-refractivity contribution in [3.8, 4) is 0 Å². The molecule has 3 heteroatoms. The van der Waals surface area contributed by atoms with Gasteiger partial charge in [0.05, 0.1) is 0 Å². The van der Waals surface area contributed by atoms with Gasteiger partial charge < -0.3 is 10.2 Å². The summed E-state index contributed by atoms with van der Waals surface area (Å²) in [6, 6.07) is 0.593. The van der Waals surface area contributed by atoms with Gasteiger partial charge in [0, 0.05) is 12.6 Å². The van der Waals surface area contributed by atoms with Crippen LogP contribution in [0.3, 0.4) is 0 Å². The summed E-state index contributed by atoms with van der Waals surface area (Å²) in [5.41, 5.74) is 0. The predicted molar refractivity (Wildman–Crippen MR) is 49.1 cm³/mol. The van der Waals surface area contributed by atoms with Gasteiger partial charge in [-0.25, -0.2) is 4.39 Å². The highest BCUT2D eigenvalue weighted by molar-refractivity contribution is 4.73. The van der Waals surface area contributed by atoms with Crippen LogP contribution in [0.2, 0.25) is 0 Å². The number of nitrogens with one attached hydrogen (secondary N) is 1. The molecule has 0 bridgehead atoms. The molecule has 1 saturated heterocycles. The Morgan fingerprint density at radius 1 is 1.42 bits per heavy atom. The van der Waals surface area contributed by atoms with Gasteiger partial charge in [-0.2, -0.15) is 0 Å². The van der Waals surface area contributed by atoms with E-state index in [0.717, 1.165) is 19.5 Å². The fraction of sp³-hybridized carbons (Fsp3) is 1.00. The van der Waals surface area contributed by atoms with Crippen LogP contribution in [0, 0.1) is 0 Å². The number of nitrogens with zero attached hydrogens (tertiary/aromatic N) is 1. The molecule has 0 amide bonds. The number of hydrogen-bond acceptors (Lipinski definition) is 2. The zero-order valence-corrected chi connectivity index (χ0v) is 7.85. The molecular formula is C9H19FN2. The van der Waals surface area contributed by atoms with Gasteiger partial charge in [-0.1, -0.05) is 0 Å². The maximum Gasteiger partial charge on any atom is 0.102 e. The third-order valence-electron chi connectivity index (χ3n) is 2.61. The smallest absolute Gasteiger partial charge is 0.102 e. The Kier molecular flexibility index (Phi) is 4.54. The molecule has 0 radical (unpaired) electrons. The normalized spacial score (nSPS) is 25.8. The zero-order chi connectivity index (χ0) is 8.81. The van der Waals surface area contributed by atoms with Crippen LogP contribution in [0.4, 0.5) is 4.39 Å². The maximum absolute atomic E-state index is 12.0. The van der Waals surface area contributed by atoms with E-state index >= 15 is 0 Å². The summed E-state index contributed by atoms with van der Waals surface area (Å²) in [5.74, 6) is 0. The molecule has 0 aromatic carbocycles. The van der Waals surface area contributed by atoms with Crippen LogP contribution in [0.25, 0.3) is 0 Å². The van der Waals surface area contributed by atoms with Crippen LogP contribution < -0.4 is 5.32 Å². The van der Waals surface area contributed by atoms with Crippen molar-refractivity contribution in [1.29, 1.82) is 0 Å². The number of hydrogen-bond donors (Lipinski definition) is 1. The molecule has 0 aromatic rings. The molecule has 1 N–H and O–H groups in total. The molecule has 2 nitrogen and oxygen atoms in total. The standard InChI is InChI=1S/C9H19FN2/c1-12(8-5-10)9-3-2-6-11-7-4-9/h9,11H,2-8H2,1H3. The summed E-state index contributed by atoms with van der Waals surface area (Å²) in [6.07, 6.45) is 3.60. The van der Waals surface area contributed by atoms with Crippen LogP contribution in [0.5, 0.6) is 0 Å². The van der Waals surface area contributed by atoms with Gasteiger partial charge in [0.1, 0.15) is 6.67 Å². The van der Waals surface area contributed by atoms with Crippen molar-refractivity contribution in [2.75, 3.05) is 33.4 Å². The van der Waals surface area contributed by atoms with Crippen LogP contribution in [-0.4, -0.2) is 44.3 Å². The van der Waals surface area contributed by atoms with Crippen LogP contribution in [0.1, 0.15) is 19.3 Å². The average molecular weight is 174 g/mol. The molecule has 1 unspecified atom stereocenters. The molecule has 0 aliphatic carbocycles. The van der Waals surface area contributed by atoms with Crippen LogP contribution in [-0.2, 0) is 0 Å². The van der Waals surface area contributed by atoms with Crippen molar-refractivity contribution in [3.63, 3.8) is 0 Å². The first-order valence-corrected chi connectivity index (χ1v) is 4.81. The van der Waals surface area contributed by atoms with Gasteiger partial charge in [-0.15, -0.1) is 0 Å². The molecule has 72 valence electrons. The summed E-state index contributed by atoms with van der Waals surface area (Å²) in [6.45, 7) is 2.58. The lowest BCUT2D eigenvalue weighted by Gasteiger charge is -2.25. The van der Waals surface area contributed by atoms with E-state index in [9.17, 15) is 4.39 Å². The second-order valence-electron chi connectivity index (χ2n) is 3.50. The second-order valence-corrected chi connectivity index (χ2v) is 3.50. The molecule has 12 heavy (non-hydrogen) atoms. The molecule has 1 heterocycles. The Labute approximate surface area is 74.1 Å². The highest BCUT2D eigenvalue weighted by atomic mass is 19.1. The van der Waals surface area contributed by atoms with Crippen molar-refractivity contribution in [1.82, 2.24) is 10.2 Å². The minimum absolute atomic E-state index is 0.222. The van der Waals surface area contributed by atoms with Crippen LogP contribution in [0.15, 0.2) is 0 Å². The molecule has 1 aliphatic rings. The first-order valence-electron chi connectivity index (χ1n) is 4.81. The van der Waals surface area contributed by atoms with Gasteiger partial charge in [0.2, 0.25) is 0 Å².